The van der Waals surface area contributed by atoms with Crippen LogP contribution < -0.4 is 20.1 Å². The first kappa shape index (κ1) is 36.1. The Morgan fingerprint density at radius 3 is 2.11 bits per heavy atom. The van der Waals surface area contributed by atoms with E-state index in [1.807, 2.05) is 12.1 Å². The van der Waals surface area contributed by atoms with E-state index in [1.165, 1.54) is 66.4 Å². The Labute approximate surface area is 280 Å². The Morgan fingerprint density at radius 1 is 0.826 bits per heavy atom. The molecule has 0 bridgehead atoms. The molecular formula is C39H59N3O3S. The lowest BCUT2D eigenvalue weighted by Crippen LogP contribution is -2.29. The number of H-pyrrole nitrogens is 2. The van der Waals surface area contributed by atoms with Crippen molar-refractivity contribution in [2.45, 2.75) is 132 Å². The van der Waals surface area contributed by atoms with Crippen molar-refractivity contribution in [2.24, 2.45) is 16.6 Å². The summed E-state index contributed by atoms with van der Waals surface area (Å²) in [6.07, 6.45) is 9.47. The average Bonchev–Trinajstić information content (AvgIpc) is 3.51. The molecule has 0 radical (unpaired) electrons. The van der Waals surface area contributed by atoms with Crippen LogP contribution in [0.3, 0.4) is 0 Å². The van der Waals surface area contributed by atoms with Gasteiger partial charge in [0.15, 0.2) is 5.88 Å². The second-order valence-corrected chi connectivity index (χ2v) is 16.9. The number of aromatic nitrogens is 2. The minimum Gasteiger partial charge on any atom is -0.491 e. The van der Waals surface area contributed by atoms with Crippen molar-refractivity contribution in [2.75, 3.05) is 13.2 Å². The fourth-order valence-electron chi connectivity index (χ4n) is 6.45. The quantitative estimate of drug-likeness (QED) is 0.112. The summed E-state index contributed by atoms with van der Waals surface area (Å²) in [5.41, 5.74) is 13.4. The topological polar surface area (TPSA) is 93.1 Å². The van der Waals surface area contributed by atoms with Crippen LogP contribution in [-0.2, 0) is 5.41 Å². The van der Waals surface area contributed by atoms with Crippen LogP contribution in [0.25, 0.3) is 21.1 Å². The number of hydrogen-bond acceptors (Lipinski definition) is 5. The zero-order chi connectivity index (χ0) is 33.9. The number of unbranched alkanes of at least 4 members (excludes halogenated alkanes) is 6. The highest BCUT2D eigenvalue weighted by Crippen LogP contribution is 2.42. The van der Waals surface area contributed by atoms with Crippen LogP contribution in [0.2, 0.25) is 0 Å². The average molecular weight is 650 g/mol. The maximum Gasteiger partial charge on any atom is 0.305 e. The predicted molar refractivity (Wildman–Crippen MR) is 197 cm³/mol. The number of aromatic amines is 2. The van der Waals surface area contributed by atoms with Gasteiger partial charge < -0.3 is 25.2 Å². The zero-order valence-electron chi connectivity index (χ0n) is 30.2. The van der Waals surface area contributed by atoms with Gasteiger partial charge in [-0.3, -0.25) is 4.79 Å². The van der Waals surface area contributed by atoms with Crippen molar-refractivity contribution < 1.29 is 9.47 Å². The van der Waals surface area contributed by atoms with Crippen LogP contribution in [0.15, 0.2) is 29.1 Å². The van der Waals surface area contributed by atoms with Crippen molar-refractivity contribution in [3.05, 3.63) is 56.2 Å². The molecule has 4 aromatic rings. The molecule has 0 aliphatic carbocycles. The maximum absolute atomic E-state index is 12.5. The van der Waals surface area contributed by atoms with Gasteiger partial charge in [0.05, 0.1) is 11.3 Å². The molecule has 0 amide bonds. The molecule has 0 saturated carbocycles. The molecule has 2 heterocycles. The van der Waals surface area contributed by atoms with Gasteiger partial charge >= 0.3 is 4.87 Å². The van der Waals surface area contributed by atoms with Gasteiger partial charge in [-0.2, -0.15) is 0 Å². The van der Waals surface area contributed by atoms with Crippen LogP contribution in [0.1, 0.15) is 135 Å². The highest BCUT2D eigenvalue weighted by Gasteiger charge is 2.31. The number of rotatable bonds is 15. The van der Waals surface area contributed by atoms with E-state index in [-0.39, 0.29) is 16.8 Å². The largest absolute Gasteiger partial charge is 0.491 e. The third-order valence-corrected chi connectivity index (χ3v) is 11.3. The number of thiazole rings is 1. The molecule has 254 valence electrons. The molecule has 46 heavy (non-hydrogen) atoms. The van der Waals surface area contributed by atoms with Crippen LogP contribution in [-0.4, -0.2) is 23.1 Å². The number of benzene rings is 2. The molecule has 0 saturated heterocycles. The fraction of sp³-hybridized carbons (Fsp3) is 0.615. The van der Waals surface area contributed by atoms with Crippen molar-refractivity contribution in [1.82, 2.24) is 9.97 Å². The fourth-order valence-corrected chi connectivity index (χ4v) is 7.36. The van der Waals surface area contributed by atoms with E-state index in [0.29, 0.717) is 29.1 Å². The molecule has 0 spiro atoms. The Morgan fingerprint density at radius 2 is 1.48 bits per heavy atom. The maximum atomic E-state index is 12.5. The lowest BCUT2D eigenvalue weighted by Gasteiger charge is -2.39. The predicted octanol–water partition coefficient (Wildman–Crippen LogP) is 10.6. The minimum absolute atomic E-state index is 0.0490. The number of nitrogens with one attached hydrogen (secondary N) is 2. The highest BCUT2D eigenvalue weighted by molar-refractivity contribution is 7.16. The van der Waals surface area contributed by atoms with E-state index in [1.54, 1.807) is 0 Å². The summed E-state index contributed by atoms with van der Waals surface area (Å²) in [5.74, 6) is 1.42. The lowest BCUT2D eigenvalue weighted by atomic mass is 9.67. The summed E-state index contributed by atoms with van der Waals surface area (Å²) in [6.45, 7) is 23.8. The van der Waals surface area contributed by atoms with Gasteiger partial charge in [0.1, 0.15) is 17.4 Å². The van der Waals surface area contributed by atoms with Gasteiger partial charge in [-0.05, 0) is 66.2 Å². The Kier molecular flexibility index (Phi) is 11.4. The molecular weight excluding hydrogens is 591 g/mol. The summed E-state index contributed by atoms with van der Waals surface area (Å²) in [7, 11) is 0. The van der Waals surface area contributed by atoms with Gasteiger partial charge in [0, 0.05) is 28.6 Å². The Bertz CT molecular complexity index is 1660. The van der Waals surface area contributed by atoms with Gasteiger partial charge in [0.2, 0.25) is 0 Å². The van der Waals surface area contributed by atoms with Gasteiger partial charge in [0.25, 0.3) is 0 Å². The molecule has 2 aromatic heterocycles. The van der Waals surface area contributed by atoms with E-state index >= 15 is 0 Å². The van der Waals surface area contributed by atoms with E-state index in [4.69, 9.17) is 15.2 Å². The minimum atomic E-state index is -0.420. The van der Waals surface area contributed by atoms with Crippen LogP contribution in [0.4, 0.5) is 0 Å². The monoisotopic (exact) mass is 649 g/mol. The first-order valence-electron chi connectivity index (χ1n) is 17.3. The molecule has 7 heteroatoms. The van der Waals surface area contributed by atoms with Crippen LogP contribution in [0, 0.1) is 24.7 Å². The van der Waals surface area contributed by atoms with Gasteiger partial charge in [-0.1, -0.05) is 117 Å². The molecule has 2 aromatic carbocycles. The Hall–Kier alpha value is -2.77. The van der Waals surface area contributed by atoms with E-state index < -0.39 is 6.10 Å². The zero-order valence-corrected chi connectivity index (χ0v) is 31.0. The normalized spacial score (nSPS) is 13.5. The summed E-state index contributed by atoms with van der Waals surface area (Å²) in [4.78, 5) is 18.9. The molecule has 4 N–H and O–H groups in total. The molecule has 0 aliphatic heterocycles. The number of aryl methyl sites for hydroxylation is 2. The molecule has 6 nitrogen and oxygen atoms in total. The van der Waals surface area contributed by atoms with Crippen molar-refractivity contribution in [3.8, 4) is 11.6 Å². The highest BCUT2D eigenvalue weighted by atomic mass is 32.1. The van der Waals surface area contributed by atoms with Crippen molar-refractivity contribution in [1.29, 1.82) is 0 Å². The first-order valence-corrected chi connectivity index (χ1v) is 18.1. The molecule has 0 aliphatic rings. The second kappa shape index (κ2) is 14.6. The standard InChI is InChI=1S/C39H59N3O3S/c1-25-28(37(3,4)5)19-20-29-32(25)26(2)35(41-29)45-31(24-40)27-18-21-30(33-34(27)46-36(43)42-33)44-23-17-15-13-11-12-14-16-22-39(9,10)38(6,7)8/h18-21,31,41H,11-17,22-24,40H2,1-10H3,(H,42,43)/t31-/m0/s1. The van der Waals surface area contributed by atoms with E-state index in [2.05, 4.69) is 91.3 Å². The molecule has 0 fully saturated rings. The van der Waals surface area contributed by atoms with Crippen molar-refractivity contribution in [3.63, 3.8) is 0 Å². The van der Waals surface area contributed by atoms with Gasteiger partial charge in [-0.15, -0.1) is 0 Å². The smallest absolute Gasteiger partial charge is 0.305 e. The second-order valence-electron chi connectivity index (χ2n) is 15.9. The molecule has 0 unspecified atom stereocenters. The summed E-state index contributed by atoms with van der Waals surface area (Å²) >= 11 is 1.19. The van der Waals surface area contributed by atoms with Gasteiger partial charge in [-0.25, -0.2) is 0 Å². The molecule has 4 rings (SSSR count). The van der Waals surface area contributed by atoms with E-state index in [0.717, 1.165) is 39.7 Å². The SMILES string of the molecule is Cc1c(C(C)(C)C)ccc2[nH]c(O[C@@H](CN)c3ccc(OCCCCCCCCCC(C)(C)C(C)(C)C)c4[nH]c(=O)sc34)c(C)c12. The summed E-state index contributed by atoms with van der Waals surface area (Å²) in [6, 6.07) is 8.29. The Balaban J connectivity index is 1.35. The third-order valence-electron chi connectivity index (χ3n) is 10.4. The first-order chi connectivity index (χ1) is 21.5. The number of hydrogen-bond donors (Lipinski definition) is 3. The van der Waals surface area contributed by atoms with Crippen LogP contribution in [0.5, 0.6) is 11.6 Å². The van der Waals surface area contributed by atoms with E-state index in [9.17, 15) is 4.79 Å². The number of fused-ring (bicyclic) bond motifs is 2. The number of ether oxygens (including phenoxy) is 2. The third kappa shape index (κ3) is 8.20. The summed E-state index contributed by atoms with van der Waals surface area (Å²) < 4.78 is 13.6. The lowest BCUT2D eigenvalue weighted by molar-refractivity contribution is 0.115. The summed E-state index contributed by atoms with van der Waals surface area (Å²) in [5, 5.41) is 1.19. The number of nitrogens with two attached hydrogens (primary N) is 1. The van der Waals surface area contributed by atoms with Crippen molar-refractivity contribution >= 4 is 32.5 Å². The molecule has 1 atom stereocenters. The van der Waals surface area contributed by atoms with Crippen LogP contribution >= 0.6 is 11.3 Å².